The molecule has 94 valence electrons. The minimum Gasteiger partial charge on any atom is -0.497 e. The van der Waals surface area contributed by atoms with E-state index in [1.807, 2.05) is 24.3 Å². The van der Waals surface area contributed by atoms with Crippen LogP contribution < -0.4 is 10.1 Å². The highest BCUT2D eigenvalue weighted by Crippen LogP contribution is 2.21. The molecule has 0 radical (unpaired) electrons. The molecule has 2 rings (SSSR count). The summed E-state index contributed by atoms with van der Waals surface area (Å²) in [5, 5.41) is 3.25. The molecule has 0 aliphatic carbocycles. The van der Waals surface area contributed by atoms with Crippen molar-refractivity contribution < 1.29 is 13.2 Å². The van der Waals surface area contributed by atoms with Crippen LogP contribution in [0.15, 0.2) is 24.3 Å². The van der Waals surface area contributed by atoms with Gasteiger partial charge in [0.1, 0.15) is 5.75 Å². The summed E-state index contributed by atoms with van der Waals surface area (Å²) in [7, 11) is -1.25. The predicted molar refractivity (Wildman–Crippen MR) is 68.3 cm³/mol. The van der Waals surface area contributed by atoms with E-state index in [2.05, 4.69) is 5.32 Å². The third-order valence-electron chi connectivity index (χ3n) is 2.90. The first-order chi connectivity index (χ1) is 8.09. The van der Waals surface area contributed by atoms with Gasteiger partial charge in [0, 0.05) is 17.8 Å². The molecule has 0 spiro atoms. The second-order valence-electron chi connectivity index (χ2n) is 4.33. The third kappa shape index (κ3) is 3.36. The van der Waals surface area contributed by atoms with Gasteiger partial charge in [0.05, 0.1) is 18.6 Å². The van der Waals surface area contributed by atoms with Crippen molar-refractivity contribution in [1.82, 2.24) is 0 Å². The Bertz CT molecular complexity index is 484. The number of ether oxygens (including phenoxy) is 1. The van der Waals surface area contributed by atoms with Gasteiger partial charge < -0.3 is 10.1 Å². The van der Waals surface area contributed by atoms with Crippen molar-refractivity contribution in [2.45, 2.75) is 18.9 Å². The Hall–Kier alpha value is -1.23. The Morgan fingerprint density at radius 2 is 2.24 bits per heavy atom. The lowest BCUT2D eigenvalue weighted by atomic mass is 10.1. The second kappa shape index (κ2) is 4.96. The maximum absolute atomic E-state index is 11.5. The summed E-state index contributed by atoms with van der Waals surface area (Å²) in [5.74, 6) is 1.32. The number of methoxy groups -OCH3 is 1. The van der Waals surface area contributed by atoms with Crippen LogP contribution in [0.3, 0.4) is 0 Å². The monoisotopic (exact) mass is 255 g/mol. The highest BCUT2D eigenvalue weighted by molar-refractivity contribution is 7.91. The standard InChI is InChI=1S/C12H17NO3S/c1-16-12-6-2-4-10(8-12)13-11-5-3-7-17(14,15)9-11/h2,4,6,8,11,13H,3,5,7,9H2,1H3. The van der Waals surface area contributed by atoms with Crippen LogP contribution in [0.5, 0.6) is 5.75 Å². The lowest BCUT2D eigenvalue weighted by molar-refractivity contribution is 0.415. The zero-order chi connectivity index (χ0) is 12.3. The molecule has 1 N–H and O–H groups in total. The molecule has 1 saturated heterocycles. The van der Waals surface area contributed by atoms with Crippen molar-refractivity contribution in [3.8, 4) is 5.75 Å². The Labute approximate surface area is 102 Å². The molecule has 5 heteroatoms. The summed E-state index contributed by atoms with van der Waals surface area (Å²) in [6.45, 7) is 0. The van der Waals surface area contributed by atoms with E-state index < -0.39 is 9.84 Å². The molecular formula is C12H17NO3S. The normalized spacial score (nSPS) is 23.0. The summed E-state index contributed by atoms with van der Waals surface area (Å²) < 4.78 is 28.1. The van der Waals surface area contributed by atoms with E-state index in [9.17, 15) is 8.42 Å². The maximum Gasteiger partial charge on any atom is 0.152 e. The number of hydrogen-bond acceptors (Lipinski definition) is 4. The number of sulfone groups is 1. The van der Waals surface area contributed by atoms with Gasteiger partial charge >= 0.3 is 0 Å². The van der Waals surface area contributed by atoms with Crippen LogP contribution in [-0.2, 0) is 9.84 Å². The Kier molecular flexibility index (Phi) is 3.57. The average Bonchev–Trinajstić information content (AvgIpc) is 2.28. The van der Waals surface area contributed by atoms with E-state index >= 15 is 0 Å². The smallest absolute Gasteiger partial charge is 0.152 e. The molecule has 0 amide bonds. The molecule has 1 aliphatic rings. The summed E-state index contributed by atoms with van der Waals surface area (Å²) in [4.78, 5) is 0. The highest BCUT2D eigenvalue weighted by atomic mass is 32.2. The molecule has 1 aromatic rings. The third-order valence-corrected chi connectivity index (χ3v) is 4.72. The summed E-state index contributed by atoms with van der Waals surface area (Å²) >= 11 is 0. The van der Waals surface area contributed by atoms with Crippen molar-refractivity contribution in [2.75, 3.05) is 23.9 Å². The lowest BCUT2D eigenvalue weighted by Gasteiger charge is -2.24. The van der Waals surface area contributed by atoms with E-state index in [4.69, 9.17) is 4.74 Å². The number of anilines is 1. The van der Waals surface area contributed by atoms with E-state index in [0.29, 0.717) is 5.75 Å². The number of hydrogen-bond donors (Lipinski definition) is 1. The van der Waals surface area contributed by atoms with Crippen molar-refractivity contribution in [3.63, 3.8) is 0 Å². The molecule has 1 fully saturated rings. The zero-order valence-electron chi connectivity index (χ0n) is 9.85. The lowest BCUT2D eigenvalue weighted by Crippen LogP contribution is -2.34. The zero-order valence-corrected chi connectivity index (χ0v) is 10.7. The van der Waals surface area contributed by atoms with Crippen LogP contribution in [0.2, 0.25) is 0 Å². The van der Waals surface area contributed by atoms with Gasteiger partial charge in [-0.25, -0.2) is 8.42 Å². The number of nitrogens with one attached hydrogen (secondary N) is 1. The van der Waals surface area contributed by atoms with Gasteiger partial charge in [-0.3, -0.25) is 0 Å². The van der Waals surface area contributed by atoms with Crippen LogP contribution in [0.1, 0.15) is 12.8 Å². The molecule has 1 unspecified atom stereocenters. The molecular weight excluding hydrogens is 238 g/mol. The Morgan fingerprint density at radius 1 is 1.41 bits per heavy atom. The maximum atomic E-state index is 11.5. The Balaban J connectivity index is 2.05. The largest absolute Gasteiger partial charge is 0.497 e. The average molecular weight is 255 g/mol. The molecule has 1 atom stereocenters. The number of benzene rings is 1. The molecule has 0 aromatic heterocycles. The quantitative estimate of drug-likeness (QED) is 0.893. The fourth-order valence-electron chi connectivity index (χ4n) is 2.09. The first-order valence-electron chi connectivity index (χ1n) is 5.70. The first-order valence-corrected chi connectivity index (χ1v) is 7.52. The van der Waals surface area contributed by atoms with Crippen LogP contribution in [-0.4, -0.2) is 33.1 Å². The van der Waals surface area contributed by atoms with Gasteiger partial charge in [-0.2, -0.15) is 0 Å². The van der Waals surface area contributed by atoms with E-state index in [1.165, 1.54) is 0 Å². The fraction of sp³-hybridized carbons (Fsp3) is 0.500. The molecule has 1 aromatic carbocycles. The minimum absolute atomic E-state index is 0.0147. The number of rotatable bonds is 3. The summed E-state index contributed by atoms with van der Waals surface area (Å²) in [6.07, 6.45) is 1.64. The van der Waals surface area contributed by atoms with Gasteiger partial charge in [-0.1, -0.05) is 6.07 Å². The van der Waals surface area contributed by atoms with Gasteiger partial charge in [0.25, 0.3) is 0 Å². The van der Waals surface area contributed by atoms with Crippen molar-refractivity contribution in [3.05, 3.63) is 24.3 Å². The van der Waals surface area contributed by atoms with Crippen molar-refractivity contribution >= 4 is 15.5 Å². The predicted octanol–water partition coefficient (Wildman–Crippen LogP) is 1.68. The van der Waals surface area contributed by atoms with Crippen molar-refractivity contribution in [1.29, 1.82) is 0 Å². The topological polar surface area (TPSA) is 55.4 Å². The fourth-order valence-corrected chi connectivity index (χ4v) is 3.72. The van der Waals surface area contributed by atoms with E-state index in [1.54, 1.807) is 7.11 Å². The summed E-state index contributed by atoms with van der Waals surface area (Å²) in [6, 6.07) is 7.56. The molecule has 1 aliphatic heterocycles. The van der Waals surface area contributed by atoms with E-state index in [0.717, 1.165) is 24.3 Å². The van der Waals surface area contributed by atoms with E-state index in [-0.39, 0.29) is 11.8 Å². The molecule has 4 nitrogen and oxygen atoms in total. The molecule has 1 heterocycles. The minimum atomic E-state index is -2.86. The molecule has 0 saturated carbocycles. The van der Waals surface area contributed by atoms with Gasteiger partial charge in [-0.15, -0.1) is 0 Å². The molecule has 0 bridgehead atoms. The SMILES string of the molecule is COc1cccc(NC2CCCS(=O)(=O)C2)c1. The van der Waals surface area contributed by atoms with Gasteiger partial charge in [-0.05, 0) is 25.0 Å². The van der Waals surface area contributed by atoms with Gasteiger partial charge in [0.2, 0.25) is 0 Å². The van der Waals surface area contributed by atoms with Crippen molar-refractivity contribution in [2.24, 2.45) is 0 Å². The Morgan fingerprint density at radius 3 is 2.94 bits per heavy atom. The van der Waals surface area contributed by atoms with Crippen LogP contribution in [0.25, 0.3) is 0 Å². The van der Waals surface area contributed by atoms with Gasteiger partial charge in [0.15, 0.2) is 9.84 Å². The molecule has 17 heavy (non-hydrogen) atoms. The van der Waals surface area contributed by atoms with Crippen LogP contribution >= 0.6 is 0 Å². The van der Waals surface area contributed by atoms with Crippen LogP contribution in [0.4, 0.5) is 5.69 Å². The highest BCUT2D eigenvalue weighted by Gasteiger charge is 2.24. The second-order valence-corrected chi connectivity index (χ2v) is 6.56. The van der Waals surface area contributed by atoms with Crippen LogP contribution in [0, 0.1) is 0 Å². The summed E-state index contributed by atoms with van der Waals surface area (Å²) in [5.41, 5.74) is 0.909. The first kappa shape index (κ1) is 12.2.